The number of nitrogens with one attached hydrogen (secondary N) is 1. The molecule has 1 aromatic rings. The van der Waals surface area contributed by atoms with Gasteiger partial charge in [0, 0.05) is 23.6 Å². The Hall–Kier alpha value is -1.59. The van der Waals surface area contributed by atoms with Crippen molar-refractivity contribution >= 4 is 23.5 Å². The molecule has 1 aromatic carbocycles. The second-order valence-electron chi connectivity index (χ2n) is 3.84. The average Bonchev–Trinajstić information content (AvgIpc) is 2.31. The van der Waals surface area contributed by atoms with Gasteiger partial charge in [-0.1, -0.05) is 17.7 Å². The maximum absolute atomic E-state index is 11.8. The Morgan fingerprint density at radius 2 is 2.11 bits per heavy atom. The first kappa shape index (κ1) is 14.5. The van der Waals surface area contributed by atoms with Gasteiger partial charge in [-0.3, -0.25) is 4.79 Å². The molecule has 0 fully saturated rings. The van der Waals surface area contributed by atoms with Crippen LogP contribution in [0.4, 0.5) is 0 Å². The molecule has 0 aliphatic heterocycles. The molecule has 0 spiro atoms. The summed E-state index contributed by atoms with van der Waals surface area (Å²) in [6.07, 6.45) is -0.0410. The zero-order valence-electron chi connectivity index (χ0n) is 9.81. The van der Waals surface area contributed by atoms with E-state index in [1.54, 1.807) is 19.1 Å². The summed E-state index contributed by atoms with van der Waals surface area (Å²) in [6, 6.07) is 3.61. The van der Waals surface area contributed by atoms with Crippen LogP contribution in [0.3, 0.4) is 0 Å². The van der Waals surface area contributed by atoms with Crippen LogP contribution in [0.25, 0.3) is 0 Å². The Morgan fingerprint density at radius 1 is 1.44 bits per heavy atom. The van der Waals surface area contributed by atoms with E-state index in [1.807, 2.05) is 0 Å². The first-order valence-electron chi connectivity index (χ1n) is 5.36. The van der Waals surface area contributed by atoms with Gasteiger partial charge in [-0.05, 0) is 24.6 Å². The fourth-order valence-corrected chi connectivity index (χ4v) is 1.54. The smallest absolute Gasteiger partial charge is 0.326 e. The molecule has 0 aliphatic rings. The maximum atomic E-state index is 11.8. The van der Waals surface area contributed by atoms with E-state index in [9.17, 15) is 9.59 Å². The van der Waals surface area contributed by atoms with Gasteiger partial charge in [0.1, 0.15) is 6.04 Å². The Morgan fingerprint density at radius 3 is 2.61 bits per heavy atom. The molecular formula is C12H14ClNO4. The SMILES string of the molecule is Cc1ccc(C(=O)N[C@H](CCO)C(=O)O)cc1Cl. The lowest BCUT2D eigenvalue weighted by molar-refractivity contribution is -0.139. The van der Waals surface area contributed by atoms with Crippen molar-refractivity contribution in [1.29, 1.82) is 0 Å². The number of aliphatic hydroxyl groups excluding tert-OH is 1. The van der Waals surface area contributed by atoms with Gasteiger partial charge in [0.25, 0.3) is 5.91 Å². The monoisotopic (exact) mass is 271 g/mol. The Bertz CT molecular complexity index is 461. The minimum absolute atomic E-state index is 0.0410. The van der Waals surface area contributed by atoms with E-state index in [-0.39, 0.29) is 18.6 Å². The van der Waals surface area contributed by atoms with Gasteiger partial charge in [-0.25, -0.2) is 4.79 Å². The number of amides is 1. The van der Waals surface area contributed by atoms with Crippen molar-refractivity contribution in [3.63, 3.8) is 0 Å². The predicted molar refractivity (Wildman–Crippen MR) is 66.8 cm³/mol. The molecule has 0 saturated heterocycles. The molecule has 1 rings (SSSR count). The first-order valence-corrected chi connectivity index (χ1v) is 5.74. The van der Waals surface area contributed by atoms with Crippen molar-refractivity contribution < 1.29 is 19.8 Å². The highest BCUT2D eigenvalue weighted by atomic mass is 35.5. The average molecular weight is 272 g/mol. The molecule has 18 heavy (non-hydrogen) atoms. The molecule has 0 saturated carbocycles. The number of hydrogen-bond acceptors (Lipinski definition) is 3. The molecular weight excluding hydrogens is 258 g/mol. The minimum atomic E-state index is -1.18. The van der Waals surface area contributed by atoms with Crippen molar-refractivity contribution in [2.75, 3.05) is 6.61 Å². The van der Waals surface area contributed by atoms with Gasteiger partial charge in [-0.15, -0.1) is 0 Å². The third kappa shape index (κ3) is 3.72. The van der Waals surface area contributed by atoms with Crippen molar-refractivity contribution in [2.45, 2.75) is 19.4 Å². The largest absolute Gasteiger partial charge is 0.480 e. The van der Waals surface area contributed by atoms with E-state index in [0.29, 0.717) is 5.02 Å². The Kier molecular flexibility index (Phi) is 5.12. The van der Waals surface area contributed by atoms with Crippen molar-refractivity contribution in [2.24, 2.45) is 0 Å². The number of carboxylic acid groups (broad SMARTS) is 1. The summed E-state index contributed by atoms with van der Waals surface area (Å²) in [5, 5.41) is 20.3. The van der Waals surface area contributed by atoms with Gasteiger partial charge in [0.15, 0.2) is 0 Å². The van der Waals surface area contributed by atoms with Crippen LogP contribution < -0.4 is 5.32 Å². The lowest BCUT2D eigenvalue weighted by atomic mass is 10.1. The number of aryl methyl sites for hydroxylation is 1. The summed E-state index contributed by atoms with van der Waals surface area (Å²) in [7, 11) is 0. The highest BCUT2D eigenvalue weighted by molar-refractivity contribution is 6.31. The molecule has 0 aromatic heterocycles. The third-order valence-electron chi connectivity index (χ3n) is 2.46. The van der Waals surface area contributed by atoms with Crippen LogP contribution >= 0.6 is 11.6 Å². The number of hydrogen-bond donors (Lipinski definition) is 3. The van der Waals surface area contributed by atoms with E-state index in [0.717, 1.165) is 5.56 Å². The summed E-state index contributed by atoms with van der Waals surface area (Å²) in [6.45, 7) is 1.49. The van der Waals surface area contributed by atoms with Crippen LogP contribution in [0.2, 0.25) is 5.02 Å². The highest BCUT2D eigenvalue weighted by Gasteiger charge is 2.20. The van der Waals surface area contributed by atoms with Gasteiger partial charge < -0.3 is 15.5 Å². The van der Waals surface area contributed by atoms with Gasteiger partial charge >= 0.3 is 5.97 Å². The number of rotatable bonds is 5. The minimum Gasteiger partial charge on any atom is -0.480 e. The van der Waals surface area contributed by atoms with Crippen molar-refractivity contribution in [3.05, 3.63) is 34.3 Å². The third-order valence-corrected chi connectivity index (χ3v) is 2.86. The molecule has 6 heteroatoms. The lowest BCUT2D eigenvalue weighted by Crippen LogP contribution is -2.41. The number of aliphatic hydroxyl groups is 1. The van der Waals surface area contributed by atoms with Crippen molar-refractivity contribution in [1.82, 2.24) is 5.32 Å². The fourth-order valence-electron chi connectivity index (χ4n) is 1.36. The summed E-state index contributed by atoms with van der Waals surface area (Å²) >= 11 is 5.88. The summed E-state index contributed by atoms with van der Waals surface area (Å²) < 4.78 is 0. The zero-order chi connectivity index (χ0) is 13.7. The lowest BCUT2D eigenvalue weighted by Gasteiger charge is -2.13. The Labute approximate surface area is 109 Å². The molecule has 0 bridgehead atoms. The summed E-state index contributed by atoms with van der Waals surface area (Å²) in [4.78, 5) is 22.6. The maximum Gasteiger partial charge on any atom is 0.326 e. The van der Waals surface area contributed by atoms with Gasteiger partial charge in [0.2, 0.25) is 0 Å². The normalized spacial score (nSPS) is 11.9. The van der Waals surface area contributed by atoms with Crippen LogP contribution in [-0.4, -0.2) is 34.7 Å². The number of carbonyl (C=O) groups is 2. The zero-order valence-corrected chi connectivity index (χ0v) is 10.6. The molecule has 1 atom stereocenters. The van der Waals surface area contributed by atoms with Gasteiger partial charge in [0.05, 0.1) is 0 Å². The number of carbonyl (C=O) groups excluding carboxylic acids is 1. The molecule has 0 radical (unpaired) electrons. The molecule has 0 aliphatic carbocycles. The molecule has 3 N–H and O–H groups in total. The topological polar surface area (TPSA) is 86.6 Å². The van der Waals surface area contributed by atoms with E-state index in [1.165, 1.54) is 6.07 Å². The van der Waals surface area contributed by atoms with Crippen LogP contribution in [0.1, 0.15) is 22.3 Å². The number of halogens is 1. The quantitative estimate of drug-likeness (QED) is 0.751. The molecule has 0 heterocycles. The van der Waals surface area contributed by atoms with Crippen LogP contribution in [0.15, 0.2) is 18.2 Å². The Balaban J connectivity index is 2.80. The summed E-state index contributed by atoms with van der Waals surface area (Å²) in [5.41, 5.74) is 1.12. The molecule has 5 nitrogen and oxygen atoms in total. The molecule has 0 unspecified atom stereocenters. The highest BCUT2D eigenvalue weighted by Crippen LogP contribution is 2.16. The number of carboxylic acids is 1. The number of benzene rings is 1. The standard InChI is InChI=1S/C12H14ClNO4/c1-7-2-3-8(6-9(7)13)11(16)14-10(4-5-15)12(17)18/h2-3,6,10,15H,4-5H2,1H3,(H,14,16)(H,17,18)/t10-/m1/s1. The van der Waals surface area contributed by atoms with Crippen LogP contribution in [0.5, 0.6) is 0 Å². The molecule has 98 valence electrons. The summed E-state index contributed by atoms with van der Waals surface area (Å²) in [5.74, 6) is -1.71. The second kappa shape index (κ2) is 6.37. The van der Waals surface area contributed by atoms with Gasteiger partial charge in [-0.2, -0.15) is 0 Å². The van der Waals surface area contributed by atoms with E-state index >= 15 is 0 Å². The van der Waals surface area contributed by atoms with E-state index in [2.05, 4.69) is 5.32 Å². The molecule has 1 amide bonds. The van der Waals surface area contributed by atoms with E-state index < -0.39 is 17.9 Å². The van der Waals surface area contributed by atoms with Crippen LogP contribution in [0, 0.1) is 6.92 Å². The fraction of sp³-hybridized carbons (Fsp3) is 0.333. The van der Waals surface area contributed by atoms with E-state index in [4.69, 9.17) is 21.8 Å². The first-order chi connectivity index (χ1) is 8.45. The second-order valence-corrected chi connectivity index (χ2v) is 4.25. The van der Waals surface area contributed by atoms with Crippen LogP contribution in [-0.2, 0) is 4.79 Å². The predicted octanol–water partition coefficient (Wildman–Crippen LogP) is 1.21. The number of aliphatic carboxylic acids is 1. The van der Waals surface area contributed by atoms with Crippen molar-refractivity contribution in [3.8, 4) is 0 Å².